The molecule has 2 nitrogen and oxygen atoms in total. The Bertz CT molecular complexity index is 478. The molecular weight excluding hydrogens is 344 g/mol. The van der Waals surface area contributed by atoms with Crippen LogP contribution in [0.4, 0.5) is 0 Å². The molecule has 0 heterocycles. The van der Waals surface area contributed by atoms with Crippen molar-refractivity contribution in [2.75, 3.05) is 6.61 Å². The Morgan fingerprint density at radius 1 is 0.643 bits per heavy atom. The summed E-state index contributed by atoms with van der Waals surface area (Å²) < 4.78 is 5.35. The first-order valence-electron chi connectivity index (χ1n) is 12.0. The number of carbonyl (C=O) groups excluding carboxylic acids is 1. The van der Waals surface area contributed by atoms with Crippen LogP contribution in [0.3, 0.4) is 0 Å². The van der Waals surface area contributed by atoms with Crippen LogP contribution in [0.5, 0.6) is 0 Å². The Morgan fingerprint density at radius 2 is 1.04 bits per heavy atom. The number of ether oxygens (including phenoxy) is 1. The number of rotatable bonds is 18. The van der Waals surface area contributed by atoms with Crippen LogP contribution in [0.2, 0.25) is 0 Å². The molecule has 0 saturated heterocycles. The highest BCUT2D eigenvalue weighted by atomic mass is 16.5. The van der Waals surface area contributed by atoms with Gasteiger partial charge in [0, 0.05) is 0 Å². The van der Waals surface area contributed by atoms with Crippen LogP contribution in [0.25, 0.3) is 0 Å². The fourth-order valence-electron chi connectivity index (χ4n) is 3.59. The summed E-state index contributed by atoms with van der Waals surface area (Å²) in [5.41, 5.74) is 1.82. The third-order valence-electron chi connectivity index (χ3n) is 5.52. The minimum Gasteiger partial charge on any atom is -0.462 e. The van der Waals surface area contributed by atoms with E-state index in [9.17, 15) is 4.79 Å². The van der Waals surface area contributed by atoms with Gasteiger partial charge in [0.05, 0.1) is 12.2 Å². The molecule has 0 aliphatic rings. The van der Waals surface area contributed by atoms with E-state index in [1.807, 2.05) is 31.2 Å². The summed E-state index contributed by atoms with van der Waals surface area (Å²) in [6.45, 7) is 4.85. The van der Waals surface area contributed by atoms with Crippen LogP contribution in [-0.4, -0.2) is 12.6 Å². The largest absolute Gasteiger partial charge is 0.462 e. The Balaban J connectivity index is 1.78. The maximum absolute atomic E-state index is 11.9. The second-order valence-corrected chi connectivity index (χ2v) is 8.31. The molecule has 0 spiro atoms. The zero-order chi connectivity index (χ0) is 20.3. The van der Waals surface area contributed by atoms with Gasteiger partial charge >= 0.3 is 5.97 Å². The minimum absolute atomic E-state index is 0.194. The van der Waals surface area contributed by atoms with Crippen LogP contribution < -0.4 is 0 Å². The monoisotopic (exact) mass is 388 g/mol. The maximum Gasteiger partial charge on any atom is 0.338 e. The van der Waals surface area contributed by atoms with Gasteiger partial charge < -0.3 is 4.74 Å². The maximum atomic E-state index is 11.9. The summed E-state index contributed by atoms with van der Waals surface area (Å²) in [6.07, 6.45) is 21.7. The molecule has 0 bridgehead atoms. The molecule has 0 saturated carbocycles. The SMILES string of the molecule is CCCCCCCCCCCCCCCCCCOC(=O)c1ccc(C)cc1. The van der Waals surface area contributed by atoms with E-state index in [1.54, 1.807) is 0 Å². The molecule has 2 heteroatoms. The number of aryl methyl sites for hydroxylation is 1. The van der Waals surface area contributed by atoms with E-state index < -0.39 is 0 Å². The number of benzene rings is 1. The van der Waals surface area contributed by atoms with Gasteiger partial charge in [-0.25, -0.2) is 4.79 Å². The normalized spacial score (nSPS) is 10.9. The van der Waals surface area contributed by atoms with E-state index in [0.29, 0.717) is 12.2 Å². The van der Waals surface area contributed by atoms with Crippen LogP contribution in [-0.2, 0) is 4.74 Å². The van der Waals surface area contributed by atoms with E-state index in [-0.39, 0.29) is 5.97 Å². The first-order chi connectivity index (χ1) is 13.7. The van der Waals surface area contributed by atoms with Crippen molar-refractivity contribution in [3.8, 4) is 0 Å². The predicted octanol–water partition coefficient (Wildman–Crippen LogP) is 8.41. The van der Waals surface area contributed by atoms with Gasteiger partial charge in [0.1, 0.15) is 0 Å². The fraction of sp³-hybridized carbons (Fsp3) is 0.731. The lowest BCUT2D eigenvalue weighted by atomic mass is 10.0. The molecule has 0 aliphatic carbocycles. The van der Waals surface area contributed by atoms with Gasteiger partial charge in [-0.2, -0.15) is 0 Å². The van der Waals surface area contributed by atoms with Gasteiger partial charge in [0.2, 0.25) is 0 Å². The lowest BCUT2D eigenvalue weighted by Crippen LogP contribution is -2.06. The second kappa shape index (κ2) is 17.8. The van der Waals surface area contributed by atoms with Crippen LogP contribution >= 0.6 is 0 Å². The summed E-state index contributed by atoms with van der Waals surface area (Å²) >= 11 is 0. The molecular formula is C26H44O2. The molecule has 0 aliphatic heterocycles. The summed E-state index contributed by atoms with van der Waals surface area (Å²) in [4.78, 5) is 11.9. The molecule has 28 heavy (non-hydrogen) atoms. The van der Waals surface area contributed by atoms with E-state index in [0.717, 1.165) is 12.0 Å². The van der Waals surface area contributed by atoms with Crippen molar-refractivity contribution in [3.63, 3.8) is 0 Å². The molecule has 0 atom stereocenters. The zero-order valence-corrected chi connectivity index (χ0v) is 18.6. The number of esters is 1. The van der Waals surface area contributed by atoms with Gasteiger partial charge in [0.15, 0.2) is 0 Å². The highest BCUT2D eigenvalue weighted by molar-refractivity contribution is 5.89. The third kappa shape index (κ3) is 13.8. The van der Waals surface area contributed by atoms with Crippen LogP contribution in [0, 0.1) is 6.92 Å². The van der Waals surface area contributed by atoms with Gasteiger partial charge in [-0.1, -0.05) is 121 Å². The smallest absolute Gasteiger partial charge is 0.338 e. The lowest BCUT2D eigenvalue weighted by Gasteiger charge is -2.05. The number of hydrogen-bond acceptors (Lipinski definition) is 2. The average Bonchev–Trinajstić information content (AvgIpc) is 2.70. The summed E-state index contributed by atoms with van der Waals surface area (Å²) in [5, 5.41) is 0. The van der Waals surface area contributed by atoms with Crippen molar-refractivity contribution in [2.24, 2.45) is 0 Å². The van der Waals surface area contributed by atoms with Crippen molar-refractivity contribution in [1.29, 1.82) is 0 Å². The van der Waals surface area contributed by atoms with Gasteiger partial charge in [-0.05, 0) is 25.5 Å². The van der Waals surface area contributed by atoms with Crippen molar-refractivity contribution >= 4 is 5.97 Å². The fourth-order valence-corrected chi connectivity index (χ4v) is 3.59. The van der Waals surface area contributed by atoms with Crippen molar-refractivity contribution < 1.29 is 9.53 Å². The van der Waals surface area contributed by atoms with E-state index in [4.69, 9.17) is 4.74 Å². The zero-order valence-electron chi connectivity index (χ0n) is 18.6. The highest BCUT2D eigenvalue weighted by Gasteiger charge is 2.05. The second-order valence-electron chi connectivity index (χ2n) is 8.31. The molecule has 1 rings (SSSR count). The third-order valence-corrected chi connectivity index (χ3v) is 5.52. The highest BCUT2D eigenvalue weighted by Crippen LogP contribution is 2.14. The van der Waals surface area contributed by atoms with E-state index in [2.05, 4.69) is 6.92 Å². The first-order valence-corrected chi connectivity index (χ1v) is 12.0. The molecule has 160 valence electrons. The Morgan fingerprint density at radius 3 is 1.46 bits per heavy atom. The topological polar surface area (TPSA) is 26.3 Å². The number of unbranched alkanes of at least 4 members (excludes halogenated alkanes) is 15. The van der Waals surface area contributed by atoms with Crippen molar-refractivity contribution in [3.05, 3.63) is 35.4 Å². The predicted molar refractivity (Wildman–Crippen MR) is 121 cm³/mol. The van der Waals surface area contributed by atoms with E-state index >= 15 is 0 Å². The Labute approximate surface area is 174 Å². The summed E-state index contributed by atoms with van der Waals surface area (Å²) in [7, 11) is 0. The molecule has 0 amide bonds. The van der Waals surface area contributed by atoms with Crippen molar-refractivity contribution in [1.82, 2.24) is 0 Å². The molecule has 1 aromatic rings. The quantitative estimate of drug-likeness (QED) is 0.186. The summed E-state index contributed by atoms with van der Waals surface area (Å²) in [5.74, 6) is -0.194. The molecule has 0 aromatic heterocycles. The van der Waals surface area contributed by atoms with Gasteiger partial charge in [-0.3, -0.25) is 0 Å². The van der Waals surface area contributed by atoms with Crippen molar-refractivity contribution in [2.45, 2.75) is 117 Å². The minimum atomic E-state index is -0.194. The first kappa shape index (κ1) is 24.7. The lowest BCUT2D eigenvalue weighted by molar-refractivity contribution is 0.0497. The number of carbonyl (C=O) groups is 1. The summed E-state index contributed by atoms with van der Waals surface area (Å²) in [6, 6.07) is 7.58. The van der Waals surface area contributed by atoms with Gasteiger partial charge in [-0.15, -0.1) is 0 Å². The Hall–Kier alpha value is -1.31. The molecule has 1 aromatic carbocycles. The van der Waals surface area contributed by atoms with Gasteiger partial charge in [0.25, 0.3) is 0 Å². The molecule has 0 fully saturated rings. The number of hydrogen-bond donors (Lipinski definition) is 0. The van der Waals surface area contributed by atoms with E-state index in [1.165, 1.54) is 96.3 Å². The molecule has 0 radical (unpaired) electrons. The molecule has 0 N–H and O–H groups in total. The Kier molecular flexibility index (Phi) is 15.7. The standard InChI is InChI=1S/C26H44O2/c1-3-4-5-6-7-8-9-10-11-12-13-14-15-16-17-18-23-28-26(27)25-21-19-24(2)20-22-25/h19-22H,3-18,23H2,1-2H3. The average molecular weight is 389 g/mol. The van der Waals surface area contributed by atoms with Crippen LogP contribution in [0.15, 0.2) is 24.3 Å². The molecule has 0 unspecified atom stereocenters. The van der Waals surface area contributed by atoms with Crippen LogP contribution in [0.1, 0.15) is 126 Å².